The lowest BCUT2D eigenvalue weighted by Gasteiger charge is -2.17. The van der Waals surface area contributed by atoms with Crippen molar-refractivity contribution in [2.45, 2.75) is 19.4 Å². The monoisotopic (exact) mass is 599 g/mol. The summed E-state index contributed by atoms with van der Waals surface area (Å²) in [7, 11) is 1.54. The van der Waals surface area contributed by atoms with Gasteiger partial charge >= 0.3 is 5.97 Å². The van der Waals surface area contributed by atoms with Gasteiger partial charge in [-0.3, -0.25) is 4.79 Å². The van der Waals surface area contributed by atoms with Crippen LogP contribution in [0.2, 0.25) is 0 Å². The van der Waals surface area contributed by atoms with E-state index in [1.807, 2.05) is 30.3 Å². The number of methoxy groups -OCH3 is 1. The number of benzene rings is 3. The minimum absolute atomic E-state index is 0.188. The second kappa shape index (κ2) is 11.9. The Kier molecular flexibility index (Phi) is 8.42. The summed E-state index contributed by atoms with van der Waals surface area (Å²) in [4.78, 5) is 26.0. The van der Waals surface area contributed by atoms with E-state index in [9.17, 15) is 14.7 Å². The van der Waals surface area contributed by atoms with Crippen molar-refractivity contribution in [1.29, 1.82) is 0 Å². The highest BCUT2D eigenvalue weighted by Gasteiger charge is 2.14. The predicted octanol–water partition coefficient (Wildman–Crippen LogP) is 4.94. The number of rotatable bonds is 9. The molecule has 8 nitrogen and oxygen atoms in total. The van der Waals surface area contributed by atoms with Crippen LogP contribution in [0.25, 0.3) is 0 Å². The van der Waals surface area contributed by atoms with Crippen molar-refractivity contribution in [2.75, 3.05) is 25.1 Å². The van der Waals surface area contributed by atoms with Crippen molar-refractivity contribution >= 4 is 46.4 Å². The average molecular weight is 599 g/mol. The summed E-state index contributed by atoms with van der Waals surface area (Å²) in [5.41, 5.74) is 5.89. The number of nitrogens with one attached hydrogen (secondary N) is 1. The maximum absolute atomic E-state index is 12.5. The van der Waals surface area contributed by atoms with E-state index < -0.39 is 5.97 Å². The van der Waals surface area contributed by atoms with Crippen LogP contribution >= 0.6 is 22.6 Å². The van der Waals surface area contributed by atoms with Gasteiger partial charge in [-0.2, -0.15) is 5.10 Å². The number of carboxylic acids is 1. The van der Waals surface area contributed by atoms with E-state index in [1.54, 1.807) is 30.5 Å². The zero-order valence-electron chi connectivity index (χ0n) is 19.7. The van der Waals surface area contributed by atoms with Crippen molar-refractivity contribution in [2.24, 2.45) is 5.10 Å². The molecular formula is C27H26IN3O5. The van der Waals surface area contributed by atoms with Gasteiger partial charge in [0.2, 0.25) is 0 Å². The fourth-order valence-corrected chi connectivity index (χ4v) is 4.71. The topological polar surface area (TPSA) is 100 Å². The van der Waals surface area contributed by atoms with E-state index in [2.05, 4.69) is 38.0 Å². The maximum atomic E-state index is 12.5. The number of halogens is 1. The summed E-state index contributed by atoms with van der Waals surface area (Å²) in [5.74, 6) is -0.233. The molecule has 0 aliphatic carbocycles. The number of anilines is 1. The Bertz CT molecular complexity index is 1270. The van der Waals surface area contributed by atoms with Crippen LogP contribution < -0.4 is 19.8 Å². The Morgan fingerprint density at radius 3 is 2.53 bits per heavy atom. The molecule has 0 unspecified atom stereocenters. The third kappa shape index (κ3) is 6.34. The number of nitrogens with zero attached hydrogens (tertiary/aromatic N) is 2. The quantitative estimate of drug-likeness (QED) is 0.205. The fraction of sp³-hybridized carbons (Fsp3) is 0.222. The number of aromatic carboxylic acids is 1. The van der Waals surface area contributed by atoms with Crippen LogP contribution in [-0.2, 0) is 6.61 Å². The molecule has 1 aliphatic rings. The van der Waals surface area contributed by atoms with E-state index in [0.717, 1.165) is 33.5 Å². The maximum Gasteiger partial charge on any atom is 0.335 e. The number of carbonyl (C=O) groups excluding carboxylic acids is 1. The molecule has 1 aliphatic heterocycles. The summed E-state index contributed by atoms with van der Waals surface area (Å²) in [6.45, 7) is 2.30. The second-order valence-electron chi connectivity index (χ2n) is 8.27. The number of hydrogen-bond acceptors (Lipinski definition) is 6. The zero-order valence-corrected chi connectivity index (χ0v) is 21.9. The molecule has 9 heteroatoms. The van der Waals surface area contributed by atoms with Gasteiger partial charge in [-0.25, -0.2) is 10.2 Å². The number of amides is 1. The highest BCUT2D eigenvalue weighted by molar-refractivity contribution is 14.1. The van der Waals surface area contributed by atoms with Crippen molar-refractivity contribution < 1.29 is 24.2 Å². The molecule has 0 saturated carbocycles. The molecule has 0 atom stereocenters. The number of carboxylic acid groups (broad SMARTS) is 1. The van der Waals surface area contributed by atoms with Crippen molar-refractivity contribution in [1.82, 2.24) is 5.43 Å². The van der Waals surface area contributed by atoms with Gasteiger partial charge in [0.25, 0.3) is 5.91 Å². The van der Waals surface area contributed by atoms with Gasteiger partial charge in [-0.1, -0.05) is 12.1 Å². The molecule has 186 valence electrons. The molecule has 36 heavy (non-hydrogen) atoms. The van der Waals surface area contributed by atoms with Crippen molar-refractivity contribution in [3.05, 3.63) is 86.5 Å². The summed E-state index contributed by atoms with van der Waals surface area (Å²) < 4.78 is 12.2. The van der Waals surface area contributed by atoms with Gasteiger partial charge in [0.1, 0.15) is 6.61 Å². The zero-order chi connectivity index (χ0) is 25.5. The molecule has 1 fully saturated rings. The number of ether oxygens (including phenoxy) is 2. The minimum Gasteiger partial charge on any atom is -0.493 e. The average Bonchev–Trinajstić information content (AvgIpc) is 3.43. The van der Waals surface area contributed by atoms with Crippen LogP contribution in [0.3, 0.4) is 0 Å². The molecule has 3 aromatic carbocycles. The molecule has 0 aromatic heterocycles. The molecule has 2 N–H and O–H groups in total. The highest BCUT2D eigenvalue weighted by Crippen LogP contribution is 2.34. The summed E-state index contributed by atoms with van der Waals surface area (Å²) in [6, 6.07) is 17.7. The first kappa shape index (κ1) is 25.5. The Balaban J connectivity index is 1.38. The summed E-state index contributed by atoms with van der Waals surface area (Å²) in [6.07, 6.45) is 3.95. The Hall–Kier alpha value is -3.60. The molecule has 1 heterocycles. The molecule has 1 amide bonds. The largest absolute Gasteiger partial charge is 0.493 e. The standard InChI is InChI=1S/C27H26IN3O5/c1-35-24-15-19(14-23(28)25(24)36-17-18-5-4-6-21(13-18)27(33)34)16-29-30-26(32)20-7-9-22(10-8-20)31-11-2-3-12-31/h4-10,13-16H,2-3,11-12,17H2,1H3,(H,30,32)(H,33,34)/b29-16-. The van der Waals surface area contributed by atoms with Gasteiger partial charge in [0.15, 0.2) is 11.5 Å². The fourth-order valence-electron chi connectivity index (χ4n) is 3.93. The molecular weight excluding hydrogens is 573 g/mol. The van der Waals surface area contributed by atoms with E-state index in [4.69, 9.17) is 9.47 Å². The number of hydrogen-bond donors (Lipinski definition) is 2. The van der Waals surface area contributed by atoms with Gasteiger partial charge in [-0.05, 0) is 95.1 Å². The van der Waals surface area contributed by atoms with Crippen LogP contribution in [0, 0.1) is 3.57 Å². The van der Waals surface area contributed by atoms with E-state index in [1.165, 1.54) is 26.0 Å². The first-order valence-electron chi connectivity index (χ1n) is 11.5. The lowest BCUT2D eigenvalue weighted by molar-refractivity contribution is 0.0696. The molecule has 4 rings (SSSR count). The van der Waals surface area contributed by atoms with Gasteiger partial charge in [-0.15, -0.1) is 0 Å². The van der Waals surface area contributed by atoms with Crippen LogP contribution in [0.1, 0.15) is 44.7 Å². The van der Waals surface area contributed by atoms with Gasteiger partial charge in [0.05, 0.1) is 22.5 Å². The van der Waals surface area contributed by atoms with Gasteiger partial charge < -0.3 is 19.5 Å². The normalized spacial score (nSPS) is 13.1. The van der Waals surface area contributed by atoms with Crippen molar-refractivity contribution in [3.63, 3.8) is 0 Å². The summed E-state index contributed by atoms with van der Waals surface area (Å²) in [5, 5.41) is 13.3. The smallest absolute Gasteiger partial charge is 0.335 e. The molecule has 0 bridgehead atoms. The van der Waals surface area contributed by atoms with Crippen LogP contribution in [0.15, 0.2) is 65.8 Å². The minimum atomic E-state index is -0.987. The Morgan fingerprint density at radius 1 is 1.08 bits per heavy atom. The number of carbonyl (C=O) groups is 2. The molecule has 3 aromatic rings. The predicted molar refractivity (Wildman–Crippen MR) is 146 cm³/mol. The molecule has 0 spiro atoms. The van der Waals surface area contributed by atoms with Crippen LogP contribution in [0.5, 0.6) is 11.5 Å². The number of hydrazone groups is 1. The molecule has 1 saturated heterocycles. The van der Waals surface area contributed by atoms with Crippen molar-refractivity contribution in [3.8, 4) is 11.5 Å². The van der Waals surface area contributed by atoms with E-state index in [0.29, 0.717) is 17.1 Å². The Labute approximate surface area is 223 Å². The SMILES string of the molecule is COc1cc(/C=N\NC(=O)c2ccc(N3CCCC3)cc2)cc(I)c1OCc1cccc(C(=O)O)c1. The first-order chi connectivity index (χ1) is 17.4. The second-order valence-corrected chi connectivity index (χ2v) is 9.43. The van der Waals surface area contributed by atoms with Gasteiger partial charge in [0, 0.05) is 24.3 Å². The van der Waals surface area contributed by atoms with E-state index >= 15 is 0 Å². The van der Waals surface area contributed by atoms with Crippen LogP contribution in [-0.4, -0.2) is 43.4 Å². The molecule has 0 radical (unpaired) electrons. The van der Waals surface area contributed by atoms with Crippen LogP contribution in [0.4, 0.5) is 5.69 Å². The third-order valence-corrected chi connectivity index (χ3v) is 6.59. The lowest BCUT2D eigenvalue weighted by atomic mass is 10.1. The summed E-state index contributed by atoms with van der Waals surface area (Å²) >= 11 is 2.14. The highest BCUT2D eigenvalue weighted by atomic mass is 127. The third-order valence-electron chi connectivity index (χ3n) is 5.79. The lowest BCUT2D eigenvalue weighted by Crippen LogP contribution is -2.19. The Morgan fingerprint density at radius 2 is 1.83 bits per heavy atom. The first-order valence-corrected chi connectivity index (χ1v) is 12.5. The van der Waals surface area contributed by atoms with E-state index in [-0.39, 0.29) is 18.1 Å².